The Balaban J connectivity index is 1.94. The van der Waals surface area contributed by atoms with Crippen LogP contribution in [-0.2, 0) is 26.2 Å². The Morgan fingerprint density at radius 3 is 2.74 bits per heavy atom. The fraction of sp³-hybridized carbons (Fsp3) is 0.533. The van der Waals surface area contributed by atoms with Crippen molar-refractivity contribution in [2.75, 3.05) is 7.05 Å². The standard InChI is InChI=1S/C15H23ClN6S/c1-5-21-9-12(11(3)19-21)7-17-15(23)20(4)10-14-13(16)8-18-22(14)6-2/h8-9H,5-7,10H2,1-4H3,(H,17,23). The van der Waals surface area contributed by atoms with Gasteiger partial charge in [0.15, 0.2) is 5.11 Å². The first-order valence-corrected chi connectivity index (χ1v) is 8.46. The smallest absolute Gasteiger partial charge is 0.169 e. The van der Waals surface area contributed by atoms with Crippen molar-refractivity contribution >= 4 is 28.9 Å². The second-order valence-electron chi connectivity index (χ2n) is 5.37. The van der Waals surface area contributed by atoms with Crippen molar-refractivity contribution in [3.63, 3.8) is 0 Å². The van der Waals surface area contributed by atoms with Crippen LogP contribution in [-0.4, -0.2) is 36.6 Å². The predicted octanol–water partition coefficient (Wildman–Crippen LogP) is 2.59. The molecule has 8 heteroatoms. The van der Waals surface area contributed by atoms with E-state index in [-0.39, 0.29) is 0 Å². The first kappa shape index (κ1) is 17.7. The van der Waals surface area contributed by atoms with E-state index >= 15 is 0 Å². The van der Waals surface area contributed by atoms with Gasteiger partial charge in [-0.2, -0.15) is 10.2 Å². The summed E-state index contributed by atoms with van der Waals surface area (Å²) in [6.07, 6.45) is 3.72. The number of hydrogen-bond acceptors (Lipinski definition) is 3. The fourth-order valence-electron chi connectivity index (χ4n) is 2.31. The second-order valence-corrected chi connectivity index (χ2v) is 6.16. The summed E-state index contributed by atoms with van der Waals surface area (Å²) in [5.74, 6) is 0. The van der Waals surface area contributed by atoms with Gasteiger partial charge in [-0.15, -0.1) is 0 Å². The SMILES string of the molecule is CCn1cc(CNC(=S)N(C)Cc2c(Cl)cnn2CC)c(C)n1. The van der Waals surface area contributed by atoms with Gasteiger partial charge in [-0.05, 0) is 33.0 Å². The molecule has 23 heavy (non-hydrogen) atoms. The molecule has 0 unspecified atom stereocenters. The topological polar surface area (TPSA) is 50.9 Å². The number of halogens is 1. The van der Waals surface area contributed by atoms with Gasteiger partial charge in [0.1, 0.15) is 0 Å². The van der Waals surface area contributed by atoms with E-state index in [2.05, 4.69) is 22.4 Å². The summed E-state index contributed by atoms with van der Waals surface area (Å²) in [6, 6.07) is 0. The number of aryl methyl sites for hydroxylation is 3. The minimum atomic E-state index is 0.617. The molecule has 2 rings (SSSR count). The molecule has 0 aliphatic carbocycles. The molecule has 0 fully saturated rings. The number of aromatic nitrogens is 4. The average Bonchev–Trinajstić information content (AvgIpc) is 3.08. The number of nitrogens with one attached hydrogen (secondary N) is 1. The zero-order valence-corrected chi connectivity index (χ0v) is 15.6. The highest BCUT2D eigenvalue weighted by Gasteiger charge is 2.13. The van der Waals surface area contributed by atoms with Crippen LogP contribution < -0.4 is 5.32 Å². The van der Waals surface area contributed by atoms with Gasteiger partial charge in [-0.25, -0.2) is 0 Å². The summed E-state index contributed by atoms with van der Waals surface area (Å²) >= 11 is 11.7. The largest absolute Gasteiger partial charge is 0.358 e. The van der Waals surface area contributed by atoms with Gasteiger partial charge < -0.3 is 10.2 Å². The van der Waals surface area contributed by atoms with Gasteiger partial charge in [-0.1, -0.05) is 11.6 Å². The molecule has 0 aromatic carbocycles. The lowest BCUT2D eigenvalue weighted by Crippen LogP contribution is -2.36. The van der Waals surface area contributed by atoms with Gasteiger partial charge in [0.25, 0.3) is 0 Å². The fourth-order valence-corrected chi connectivity index (χ4v) is 2.65. The van der Waals surface area contributed by atoms with E-state index in [9.17, 15) is 0 Å². The maximum atomic E-state index is 6.20. The molecule has 0 spiro atoms. The Bertz CT molecular complexity index is 678. The highest BCUT2D eigenvalue weighted by atomic mass is 35.5. The van der Waals surface area contributed by atoms with E-state index in [1.165, 1.54) is 0 Å². The Kier molecular flexibility index (Phi) is 6.01. The molecule has 0 saturated carbocycles. The highest BCUT2D eigenvalue weighted by Crippen LogP contribution is 2.17. The van der Waals surface area contributed by atoms with Crippen LogP contribution in [0.3, 0.4) is 0 Å². The average molecular weight is 355 g/mol. The van der Waals surface area contributed by atoms with Crippen molar-refractivity contribution < 1.29 is 0 Å². The van der Waals surface area contributed by atoms with Crippen molar-refractivity contribution in [2.24, 2.45) is 0 Å². The van der Waals surface area contributed by atoms with Crippen LogP contribution in [0.1, 0.15) is 30.8 Å². The normalized spacial score (nSPS) is 10.8. The highest BCUT2D eigenvalue weighted by molar-refractivity contribution is 7.80. The Morgan fingerprint density at radius 2 is 2.13 bits per heavy atom. The molecule has 0 aliphatic rings. The van der Waals surface area contributed by atoms with Crippen LogP contribution in [0.5, 0.6) is 0 Å². The molecule has 0 atom stereocenters. The first-order valence-electron chi connectivity index (χ1n) is 7.68. The maximum absolute atomic E-state index is 6.20. The zero-order chi connectivity index (χ0) is 17.0. The summed E-state index contributed by atoms with van der Waals surface area (Å²) in [5.41, 5.74) is 3.15. The Labute approximate surface area is 147 Å². The quantitative estimate of drug-likeness (QED) is 0.808. The number of rotatable bonds is 6. The minimum absolute atomic E-state index is 0.617. The van der Waals surface area contributed by atoms with Crippen molar-refractivity contribution in [2.45, 2.75) is 47.0 Å². The molecule has 0 radical (unpaired) electrons. The molecule has 6 nitrogen and oxygen atoms in total. The summed E-state index contributed by atoms with van der Waals surface area (Å²) < 4.78 is 3.82. The van der Waals surface area contributed by atoms with Crippen LogP contribution >= 0.6 is 23.8 Å². The molecule has 126 valence electrons. The monoisotopic (exact) mass is 354 g/mol. The summed E-state index contributed by atoms with van der Waals surface area (Å²) in [6.45, 7) is 9.05. The van der Waals surface area contributed by atoms with E-state index < -0.39 is 0 Å². The van der Waals surface area contributed by atoms with Gasteiger partial charge in [-0.3, -0.25) is 9.36 Å². The molecule has 0 amide bonds. The van der Waals surface area contributed by atoms with Gasteiger partial charge in [0, 0.05) is 38.4 Å². The third-order valence-corrected chi connectivity index (χ3v) is 4.50. The van der Waals surface area contributed by atoms with E-state index in [0.29, 0.717) is 23.2 Å². The third kappa shape index (κ3) is 4.23. The van der Waals surface area contributed by atoms with Crippen LogP contribution in [0, 0.1) is 6.92 Å². The van der Waals surface area contributed by atoms with Gasteiger partial charge in [0.2, 0.25) is 0 Å². The lowest BCUT2D eigenvalue weighted by molar-refractivity contribution is 0.457. The van der Waals surface area contributed by atoms with Gasteiger partial charge in [0.05, 0.1) is 29.2 Å². The van der Waals surface area contributed by atoms with E-state index in [4.69, 9.17) is 23.8 Å². The first-order chi connectivity index (χ1) is 11.0. The van der Waals surface area contributed by atoms with Crippen LogP contribution in [0.25, 0.3) is 0 Å². The molecule has 1 N–H and O–H groups in total. The molecule has 2 aromatic heterocycles. The van der Waals surface area contributed by atoms with Crippen molar-refractivity contribution in [1.29, 1.82) is 0 Å². The number of hydrogen-bond donors (Lipinski definition) is 1. The molecule has 2 heterocycles. The number of nitrogens with zero attached hydrogens (tertiary/aromatic N) is 5. The van der Waals surface area contributed by atoms with Gasteiger partial charge >= 0.3 is 0 Å². The third-order valence-electron chi connectivity index (χ3n) is 3.73. The second kappa shape index (κ2) is 7.79. The minimum Gasteiger partial charge on any atom is -0.358 e. The lowest BCUT2D eigenvalue weighted by atomic mass is 10.3. The lowest BCUT2D eigenvalue weighted by Gasteiger charge is -2.21. The molecule has 0 saturated heterocycles. The summed E-state index contributed by atoms with van der Waals surface area (Å²) in [7, 11) is 1.95. The van der Waals surface area contributed by atoms with Crippen molar-refractivity contribution in [3.8, 4) is 0 Å². The maximum Gasteiger partial charge on any atom is 0.169 e. The Morgan fingerprint density at radius 1 is 1.39 bits per heavy atom. The Hall–Kier alpha value is -1.60. The van der Waals surface area contributed by atoms with E-state index in [0.717, 1.165) is 30.0 Å². The van der Waals surface area contributed by atoms with E-state index in [1.54, 1.807) is 6.20 Å². The summed E-state index contributed by atoms with van der Waals surface area (Å²) in [4.78, 5) is 1.96. The van der Waals surface area contributed by atoms with Crippen LogP contribution in [0.2, 0.25) is 5.02 Å². The van der Waals surface area contributed by atoms with Crippen molar-refractivity contribution in [3.05, 3.63) is 34.4 Å². The zero-order valence-electron chi connectivity index (χ0n) is 14.0. The molecule has 2 aromatic rings. The summed E-state index contributed by atoms with van der Waals surface area (Å²) in [5, 5.41) is 13.3. The molecule has 0 bridgehead atoms. The number of thiocarbonyl (C=S) groups is 1. The van der Waals surface area contributed by atoms with Crippen molar-refractivity contribution in [1.82, 2.24) is 29.8 Å². The van der Waals surface area contributed by atoms with Crippen LogP contribution in [0.4, 0.5) is 0 Å². The molecule has 0 aliphatic heterocycles. The van der Waals surface area contributed by atoms with Crippen LogP contribution in [0.15, 0.2) is 12.4 Å². The molecular formula is C15H23ClN6S. The molecular weight excluding hydrogens is 332 g/mol. The predicted molar refractivity (Wildman–Crippen MR) is 96.5 cm³/mol. The van der Waals surface area contributed by atoms with E-state index in [1.807, 2.05) is 41.4 Å².